The molecule has 1 heterocycles. The van der Waals surface area contributed by atoms with Crippen molar-refractivity contribution in [2.24, 2.45) is 11.7 Å². The molecule has 0 aliphatic heterocycles. The van der Waals surface area contributed by atoms with E-state index in [1.807, 2.05) is 13.3 Å². The van der Waals surface area contributed by atoms with Crippen LogP contribution < -0.4 is 5.73 Å². The van der Waals surface area contributed by atoms with Gasteiger partial charge in [-0.3, -0.25) is 0 Å². The summed E-state index contributed by atoms with van der Waals surface area (Å²) in [7, 11) is 0. The van der Waals surface area contributed by atoms with Crippen LogP contribution in [0.5, 0.6) is 0 Å². The fourth-order valence-electron chi connectivity index (χ4n) is 1.84. The highest BCUT2D eigenvalue weighted by Gasteiger charge is 2.10. The van der Waals surface area contributed by atoms with Gasteiger partial charge in [0, 0.05) is 12.5 Å². The van der Waals surface area contributed by atoms with Crippen molar-refractivity contribution in [3.05, 3.63) is 29.6 Å². The number of nitrogens with two attached hydrogens (primary N) is 1. The molecule has 1 aromatic carbocycles. The number of imidazole rings is 1. The molecule has 1 aromatic heterocycles. The lowest BCUT2D eigenvalue weighted by Crippen LogP contribution is -2.22. The van der Waals surface area contributed by atoms with Gasteiger partial charge in [-0.1, -0.05) is 19.1 Å². The lowest BCUT2D eigenvalue weighted by atomic mass is 10.1. The summed E-state index contributed by atoms with van der Waals surface area (Å²) in [4.78, 5) is 4.96. The standard InChI is InChI=1S/C13H17N3S/c1-8-4-11-12(5-9(8)2)16(7-15-11)6-10(3)13(14)17/h4-5,7,10H,6H2,1-3H3,(H2,14,17). The molecule has 90 valence electrons. The molecule has 1 unspecified atom stereocenters. The van der Waals surface area contributed by atoms with E-state index in [1.165, 1.54) is 11.1 Å². The minimum Gasteiger partial charge on any atom is -0.393 e. The zero-order valence-electron chi connectivity index (χ0n) is 10.4. The Morgan fingerprint density at radius 1 is 1.41 bits per heavy atom. The largest absolute Gasteiger partial charge is 0.393 e. The van der Waals surface area contributed by atoms with Crippen molar-refractivity contribution >= 4 is 28.2 Å². The molecule has 0 radical (unpaired) electrons. The van der Waals surface area contributed by atoms with E-state index < -0.39 is 0 Å². The van der Waals surface area contributed by atoms with Crippen LogP contribution in [0, 0.1) is 19.8 Å². The summed E-state index contributed by atoms with van der Waals surface area (Å²) < 4.78 is 2.12. The molecule has 0 amide bonds. The highest BCUT2D eigenvalue weighted by atomic mass is 32.1. The molecule has 0 saturated carbocycles. The average Bonchev–Trinajstić information content (AvgIpc) is 2.62. The molecule has 3 nitrogen and oxygen atoms in total. The number of rotatable bonds is 3. The molecule has 1 atom stereocenters. The predicted molar refractivity (Wildman–Crippen MR) is 75.2 cm³/mol. The molecule has 0 fully saturated rings. The number of fused-ring (bicyclic) bond motifs is 1. The molecule has 4 heteroatoms. The van der Waals surface area contributed by atoms with Crippen LogP contribution in [0.2, 0.25) is 0 Å². The first-order valence-electron chi connectivity index (χ1n) is 5.70. The Labute approximate surface area is 107 Å². The average molecular weight is 247 g/mol. The van der Waals surface area contributed by atoms with Gasteiger partial charge in [-0.05, 0) is 37.1 Å². The summed E-state index contributed by atoms with van der Waals surface area (Å²) in [5, 5.41) is 0. The Balaban J connectivity index is 2.42. The maximum absolute atomic E-state index is 5.65. The van der Waals surface area contributed by atoms with Gasteiger partial charge in [0.2, 0.25) is 0 Å². The van der Waals surface area contributed by atoms with Gasteiger partial charge in [0.05, 0.1) is 22.3 Å². The second-order valence-electron chi connectivity index (χ2n) is 4.63. The fraction of sp³-hybridized carbons (Fsp3) is 0.385. The SMILES string of the molecule is Cc1cc2ncn(CC(C)C(N)=S)c2cc1C. The predicted octanol–water partition coefficient (Wildman–Crippen LogP) is 2.58. The van der Waals surface area contributed by atoms with Gasteiger partial charge < -0.3 is 10.3 Å². The summed E-state index contributed by atoms with van der Waals surface area (Å²) in [5.41, 5.74) is 10.4. The van der Waals surface area contributed by atoms with Crippen molar-refractivity contribution < 1.29 is 0 Å². The first-order chi connectivity index (χ1) is 7.99. The highest BCUT2D eigenvalue weighted by Crippen LogP contribution is 2.19. The van der Waals surface area contributed by atoms with Crippen LogP contribution in [0.1, 0.15) is 18.1 Å². The number of hydrogen-bond donors (Lipinski definition) is 1. The summed E-state index contributed by atoms with van der Waals surface area (Å²) in [6.45, 7) is 7.04. The third kappa shape index (κ3) is 2.31. The van der Waals surface area contributed by atoms with Crippen LogP contribution in [0.25, 0.3) is 11.0 Å². The molecule has 0 spiro atoms. The van der Waals surface area contributed by atoms with E-state index in [2.05, 4.69) is 35.5 Å². The third-order valence-corrected chi connectivity index (χ3v) is 3.60. The first-order valence-corrected chi connectivity index (χ1v) is 6.11. The van der Waals surface area contributed by atoms with Gasteiger partial charge in [0.15, 0.2) is 0 Å². The van der Waals surface area contributed by atoms with Crippen LogP contribution in [-0.2, 0) is 6.54 Å². The zero-order chi connectivity index (χ0) is 12.6. The summed E-state index contributed by atoms with van der Waals surface area (Å²) in [6.07, 6.45) is 1.86. The molecule has 2 N–H and O–H groups in total. The quantitative estimate of drug-likeness (QED) is 0.848. The first kappa shape index (κ1) is 12.0. The van der Waals surface area contributed by atoms with Gasteiger partial charge in [-0.25, -0.2) is 4.98 Å². The van der Waals surface area contributed by atoms with Crippen molar-refractivity contribution in [3.63, 3.8) is 0 Å². The molecule has 17 heavy (non-hydrogen) atoms. The third-order valence-electron chi connectivity index (χ3n) is 3.19. The minimum absolute atomic E-state index is 0.184. The van der Waals surface area contributed by atoms with Gasteiger partial charge >= 0.3 is 0 Å². The molecule has 2 aromatic rings. The van der Waals surface area contributed by atoms with E-state index in [-0.39, 0.29) is 5.92 Å². The maximum atomic E-state index is 5.65. The summed E-state index contributed by atoms with van der Waals surface area (Å²) in [6, 6.07) is 4.29. The van der Waals surface area contributed by atoms with Gasteiger partial charge in [-0.15, -0.1) is 0 Å². The second-order valence-corrected chi connectivity index (χ2v) is 5.10. The fourth-order valence-corrected chi connectivity index (χ4v) is 1.92. The van der Waals surface area contributed by atoms with E-state index in [0.717, 1.165) is 17.6 Å². The number of aryl methyl sites for hydroxylation is 2. The van der Waals surface area contributed by atoms with Crippen LogP contribution in [0.3, 0.4) is 0 Å². The van der Waals surface area contributed by atoms with Crippen molar-refractivity contribution in [3.8, 4) is 0 Å². The van der Waals surface area contributed by atoms with Crippen LogP contribution in [-0.4, -0.2) is 14.5 Å². The Morgan fingerprint density at radius 3 is 2.71 bits per heavy atom. The Morgan fingerprint density at radius 2 is 2.06 bits per heavy atom. The lowest BCUT2D eigenvalue weighted by molar-refractivity contribution is 0.612. The zero-order valence-corrected chi connectivity index (χ0v) is 11.2. The molecular formula is C13H17N3S. The highest BCUT2D eigenvalue weighted by molar-refractivity contribution is 7.80. The maximum Gasteiger partial charge on any atom is 0.0958 e. The number of thiocarbonyl (C=S) groups is 1. The molecule has 0 saturated heterocycles. The molecular weight excluding hydrogens is 230 g/mol. The molecule has 2 rings (SSSR count). The summed E-state index contributed by atoms with van der Waals surface area (Å²) in [5.74, 6) is 0.184. The Kier molecular flexibility index (Phi) is 3.15. The molecule has 0 bridgehead atoms. The van der Waals surface area contributed by atoms with Crippen LogP contribution >= 0.6 is 12.2 Å². The number of benzene rings is 1. The molecule has 0 aliphatic rings. The van der Waals surface area contributed by atoms with E-state index in [9.17, 15) is 0 Å². The van der Waals surface area contributed by atoms with Crippen molar-refractivity contribution in [2.75, 3.05) is 0 Å². The van der Waals surface area contributed by atoms with Gasteiger partial charge in [0.1, 0.15) is 0 Å². The van der Waals surface area contributed by atoms with Crippen LogP contribution in [0.15, 0.2) is 18.5 Å². The van der Waals surface area contributed by atoms with Gasteiger partial charge in [0.25, 0.3) is 0 Å². The van der Waals surface area contributed by atoms with E-state index in [4.69, 9.17) is 18.0 Å². The topological polar surface area (TPSA) is 43.8 Å². The second kappa shape index (κ2) is 4.45. The lowest BCUT2D eigenvalue weighted by Gasteiger charge is -2.11. The van der Waals surface area contributed by atoms with E-state index in [1.54, 1.807) is 0 Å². The van der Waals surface area contributed by atoms with Crippen molar-refractivity contribution in [2.45, 2.75) is 27.3 Å². The monoisotopic (exact) mass is 247 g/mol. The number of aromatic nitrogens is 2. The van der Waals surface area contributed by atoms with Crippen molar-refractivity contribution in [1.29, 1.82) is 0 Å². The van der Waals surface area contributed by atoms with E-state index >= 15 is 0 Å². The van der Waals surface area contributed by atoms with Crippen molar-refractivity contribution in [1.82, 2.24) is 9.55 Å². The number of hydrogen-bond acceptors (Lipinski definition) is 2. The van der Waals surface area contributed by atoms with Crippen LogP contribution in [0.4, 0.5) is 0 Å². The Hall–Kier alpha value is -1.42. The normalized spacial score (nSPS) is 12.9. The summed E-state index contributed by atoms with van der Waals surface area (Å²) >= 11 is 5.00. The van der Waals surface area contributed by atoms with Gasteiger partial charge in [-0.2, -0.15) is 0 Å². The Bertz CT molecular complexity index is 571. The van der Waals surface area contributed by atoms with E-state index in [0.29, 0.717) is 4.99 Å². The smallest absolute Gasteiger partial charge is 0.0958 e. The minimum atomic E-state index is 0.184. The molecule has 0 aliphatic carbocycles. The number of nitrogens with zero attached hydrogens (tertiary/aromatic N) is 2.